The number of carbonyl (C=O) groups is 2. The zero-order valence-corrected chi connectivity index (χ0v) is 16.1. The first-order chi connectivity index (χ1) is 13.6. The number of nitrogens with zero attached hydrogens (tertiary/aromatic N) is 1. The first-order valence-electron chi connectivity index (χ1n) is 8.71. The van der Waals surface area contributed by atoms with Crippen LogP contribution >= 0.6 is 11.8 Å². The van der Waals surface area contributed by atoms with Gasteiger partial charge in [0, 0.05) is 34.4 Å². The summed E-state index contributed by atoms with van der Waals surface area (Å²) in [6, 6.07) is 19.8. The Morgan fingerprint density at radius 1 is 0.786 bits per heavy atom. The highest BCUT2D eigenvalue weighted by molar-refractivity contribution is 8.00. The maximum Gasteiger partial charge on any atom is 0.323 e. The number of hydrogen-bond donors (Lipinski definition) is 3. The minimum atomic E-state index is -0.309. The van der Waals surface area contributed by atoms with Crippen molar-refractivity contribution in [2.75, 3.05) is 16.0 Å². The van der Waals surface area contributed by atoms with Gasteiger partial charge in [-0.15, -0.1) is 11.8 Å². The standard InChI is InChI=1S/C21H20N4O2S/c1-15(20(26)23-18-11-13-22-14-12-18)28-19-9-7-17(8-10-19)25-21(27)24-16-5-3-2-4-6-16/h2-15H,1H3,(H,22,23,26)(H2,24,25,27). The molecule has 0 aliphatic heterocycles. The van der Waals surface area contributed by atoms with Gasteiger partial charge in [-0.2, -0.15) is 0 Å². The largest absolute Gasteiger partial charge is 0.325 e. The van der Waals surface area contributed by atoms with Crippen molar-refractivity contribution in [3.8, 4) is 0 Å². The summed E-state index contributed by atoms with van der Waals surface area (Å²) in [7, 11) is 0. The van der Waals surface area contributed by atoms with Gasteiger partial charge in [-0.3, -0.25) is 9.78 Å². The highest BCUT2D eigenvalue weighted by atomic mass is 32.2. The number of carbonyl (C=O) groups excluding carboxylic acids is 2. The molecule has 0 aliphatic carbocycles. The van der Waals surface area contributed by atoms with E-state index in [9.17, 15) is 9.59 Å². The number of hydrogen-bond acceptors (Lipinski definition) is 4. The second kappa shape index (κ2) is 9.57. The molecule has 0 saturated heterocycles. The molecule has 1 aromatic heterocycles. The number of thioether (sulfide) groups is 1. The second-order valence-electron chi connectivity index (χ2n) is 5.95. The van der Waals surface area contributed by atoms with Crippen molar-refractivity contribution < 1.29 is 9.59 Å². The summed E-state index contributed by atoms with van der Waals surface area (Å²) in [5, 5.41) is 8.13. The highest BCUT2D eigenvalue weighted by Gasteiger charge is 2.14. The van der Waals surface area contributed by atoms with Crippen LogP contribution in [0.4, 0.5) is 21.9 Å². The molecule has 7 heteroatoms. The molecule has 0 spiro atoms. The Kier molecular flexibility index (Phi) is 6.64. The lowest BCUT2D eigenvalue weighted by atomic mass is 10.3. The van der Waals surface area contributed by atoms with Crippen molar-refractivity contribution in [1.29, 1.82) is 0 Å². The number of pyridine rings is 1. The molecule has 0 saturated carbocycles. The summed E-state index contributed by atoms with van der Waals surface area (Å²) in [6.07, 6.45) is 3.26. The fourth-order valence-corrected chi connectivity index (χ4v) is 3.24. The molecule has 2 aromatic carbocycles. The molecule has 1 heterocycles. The van der Waals surface area contributed by atoms with Gasteiger partial charge in [0.1, 0.15) is 0 Å². The number of urea groups is 1. The van der Waals surface area contributed by atoms with E-state index in [2.05, 4.69) is 20.9 Å². The normalized spacial score (nSPS) is 11.3. The van der Waals surface area contributed by atoms with Gasteiger partial charge < -0.3 is 16.0 Å². The topological polar surface area (TPSA) is 83.1 Å². The van der Waals surface area contributed by atoms with Crippen LogP contribution < -0.4 is 16.0 Å². The molecule has 142 valence electrons. The van der Waals surface area contributed by atoms with E-state index in [1.54, 1.807) is 36.7 Å². The summed E-state index contributed by atoms with van der Waals surface area (Å²) in [6.45, 7) is 1.85. The average molecular weight is 392 g/mol. The summed E-state index contributed by atoms with van der Waals surface area (Å²) in [5.74, 6) is -0.0827. The molecule has 3 N–H and O–H groups in total. The number of rotatable bonds is 6. The predicted octanol–water partition coefficient (Wildman–Crippen LogP) is 4.84. The molecular formula is C21H20N4O2S. The van der Waals surface area contributed by atoms with Gasteiger partial charge in [0.2, 0.25) is 5.91 Å². The molecular weight excluding hydrogens is 372 g/mol. The first-order valence-corrected chi connectivity index (χ1v) is 9.59. The second-order valence-corrected chi connectivity index (χ2v) is 7.37. The lowest BCUT2D eigenvalue weighted by Crippen LogP contribution is -2.22. The van der Waals surface area contributed by atoms with Crippen molar-refractivity contribution in [3.05, 3.63) is 79.1 Å². The quantitative estimate of drug-likeness (QED) is 0.524. The third kappa shape index (κ3) is 5.85. The molecule has 6 nitrogen and oxygen atoms in total. The number of amides is 3. The van der Waals surface area contributed by atoms with Gasteiger partial charge in [-0.1, -0.05) is 18.2 Å². The van der Waals surface area contributed by atoms with E-state index in [0.29, 0.717) is 5.69 Å². The smallest absolute Gasteiger partial charge is 0.323 e. The zero-order valence-electron chi connectivity index (χ0n) is 15.3. The van der Waals surface area contributed by atoms with Crippen molar-refractivity contribution in [3.63, 3.8) is 0 Å². The monoisotopic (exact) mass is 392 g/mol. The van der Waals surface area contributed by atoms with E-state index in [1.807, 2.05) is 49.4 Å². The molecule has 0 fully saturated rings. The van der Waals surface area contributed by atoms with E-state index >= 15 is 0 Å². The maximum atomic E-state index is 12.3. The predicted molar refractivity (Wildman–Crippen MR) is 114 cm³/mol. The molecule has 1 atom stereocenters. The fourth-order valence-electron chi connectivity index (χ4n) is 2.37. The van der Waals surface area contributed by atoms with Gasteiger partial charge in [-0.25, -0.2) is 4.79 Å². The van der Waals surface area contributed by atoms with Crippen LogP contribution in [0, 0.1) is 0 Å². The Morgan fingerprint density at radius 2 is 1.36 bits per heavy atom. The lowest BCUT2D eigenvalue weighted by molar-refractivity contribution is -0.115. The first kappa shape index (κ1) is 19.4. The fraction of sp³-hybridized carbons (Fsp3) is 0.0952. The van der Waals surface area contributed by atoms with Crippen LogP contribution in [-0.2, 0) is 4.79 Å². The minimum Gasteiger partial charge on any atom is -0.325 e. The van der Waals surface area contributed by atoms with E-state index in [4.69, 9.17) is 0 Å². The van der Waals surface area contributed by atoms with Gasteiger partial charge in [-0.05, 0) is 55.5 Å². The van der Waals surface area contributed by atoms with Crippen LogP contribution in [0.5, 0.6) is 0 Å². The Labute approximate surface area is 167 Å². The van der Waals surface area contributed by atoms with Crippen molar-refractivity contribution >= 4 is 40.8 Å². The van der Waals surface area contributed by atoms with E-state index in [0.717, 1.165) is 16.3 Å². The Morgan fingerprint density at radius 3 is 2.00 bits per heavy atom. The number of aromatic nitrogens is 1. The zero-order chi connectivity index (χ0) is 19.8. The molecule has 28 heavy (non-hydrogen) atoms. The molecule has 3 aromatic rings. The van der Waals surface area contributed by atoms with Crippen LogP contribution in [0.2, 0.25) is 0 Å². The Hall–Kier alpha value is -3.32. The number of nitrogens with one attached hydrogen (secondary N) is 3. The molecule has 1 unspecified atom stereocenters. The van der Waals surface area contributed by atoms with Crippen molar-refractivity contribution in [2.24, 2.45) is 0 Å². The summed E-state index contributed by atoms with van der Waals surface area (Å²) in [5.41, 5.74) is 2.12. The maximum absolute atomic E-state index is 12.3. The van der Waals surface area contributed by atoms with Gasteiger partial charge in [0.15, 0.2) is 0 Å². The SMILES string of the molecule is CC(Sc1ccc(NC(=O)Nc2ccccc2)cc1)C(=O)Nc1ccncc1. The minimum absolute atomic E-state index is 0.0827. The van der Waals surface area contributed by atoms with Gasteiger partial charge in [0.05, 0.1) is 5.25 Å². The van der Waals surface area contributed by atoms with Crippen molar-refractivity contribution in [1.82, 2.24) is 4.98 Å². The van der Waals surface area contributed by atoms with Gasteiger partial charge in [0.25, 0.3) is 0 Å². The summed E-state index contributed by atoms with van der Waals surface area (Å²) >= 11 is 1.45. The van der Waals surface area contributed by atoms with Crippen LogP contribution in [0.25, 0.3) is 0 Å². The van der Waals surface area contributed by atoms with Crippen molar-refractivity contribution in [2.45, 2.75) is 17.1 Å². The Bertz CT molecular complexity index is 918. The van der Waals surface area contributed by atoms with E-state index in [-0.39, 0.29) is 17.2 Å². The third-order valence-electron chi connectivity index (χ3n) is 3.77. The molecule has 0 bridgehead atoms. The van der Waals surface area contributed by atoms with Gasteiger partial charge >= 0.3 is 6.03 Å². The average Bonchev–Trinajstić information content (AvgIpc) is 2.71. The van der Waals surface area contributed by atoms with Crippen LogP contribution in [0.3, 0.4) is 0 Å². The Balaban J connectivity index is 1.51. The molecule has 3 amide bonds. The highest BCUT2D eigenvalue weighted by Crippen LogP contribution is 2.25. The molecule has 0 aliphatic rings. The number of anilines is 3. The van der Waals surface area contributed by atoms with Crippen LogP contribution in [-0.4, -0.2) is 22.2 Å². The lowest BCUT2D eigenvalue weighted by Gasteiger charge is -2.12. The van der Waals surface area contributed by atoms with Crippen LogP contribution in [0.1, 0.15) is 6.92 Å². The number of para-hydroxylation sites is 1. The molecule has 0 radical (unpaired) electrons. The van der Waals surface area contributed by atoms with Crippen LogP contribution in [0.15, 0.2) is 84.0 Å². The third-order valence-corrected chi connectivity index (χ3v) is 4.89. The van der Waals surface area contributed by atoms with E-state index < -0.39 is 0 Å². The van der Waals surface area contributed by atoms with E-state index in [1.165, 1.54) is 11.8 Å². The number of benzene rings is 2. The summed E-state index contributed by atoms with van der Waals surface area (Å²) in [4.78, 5) is 29.2. The molecule has 3 rings (SSSR count). The summed E-state index contributed by atoms with van der Waals surface area (Å²) < 4.78 is 0.